The topological polar surface area (TPSA) is 79.5 Å². The first-order valence-electron chi connectivity index (χ1n) is 9.85. The Morgan fingerprint density at radius 1 is 1.09 bits per heavy atom. The van der Waals surface area contributed by atoms with Gasteiger partial charge < -0.3 is 18.7 Å². The predicted molar refractivity (Wildman–Crippen MR) is 108 cm³/mol. The second-order valence-corrected chi connectivity index (χ2v) is 7.58. The molecule has 1 fully saturated rings. The number of aromatic nitrogens is 3. The Bertz CT molecular complexity index is 1040. The van der Waals surface area contributed by atoms with Gasteiger partial charge in [0.2, 0.25) is 11.7 Å². The van der Waals surface area contributed by atoms with E-state index < -0.39 is 12.8 Å². The Balaban J connectivity index is 1.40. The number of alkyl halides is 3. The third-order valence-corrected chi connectivity index (χ3v) is 4.94. The number of ether oxygens (including phenoxy) is 3. The van der Waals surface area contributed by atoms with E-state index >= 15 is 0 Å². The quantitative estimate of drug-likeness (QED) is 0.477. The Morgan fingerprint density at radius 2 is 1.84 bits per heavy atom. The van der Waals surface area contributed by atoms with Crippen LogP contribution < -0.4 is 4.74 Å². The number of nitrogens with zero attached hydrogens (tertiary/aromatic N) is 3. The Morgan fingerprint density at radius 3 is 2.53 bits per heavy atom. The normalized spacial score (nSPS) is 15.1. The van der Waals surface area contributed by atoms with Gasteiger partial charge in [0.1, 0.15) is 17.7 Å². The second kappa shape index (κ2) is 9.85. The highest BCUT2D eigenvalue weighted by molar-refractivity contribution is 6.32. The van der Waals surface area contributed by atoms with Crippen LogP contribution in [0.15, 0.2) is 41.1 Å². The number of benzene rings is 1. The summed E-state index contributed by atoms with van der Waals surface area (Å²) in [5, 5.41) is 4.28. The molecule has 0 bridgehead atoms. The highest BCUT2D eigenvalue weighted by Gasteiger charge is 2.27. The van der Waals surface area contributed by atoms with Crippen LogP contribution in [-0.2, 0) is 16.1 Å². The maximum atomic E-state index is 12.2. The van der Waals surface area contributed by atoms with Crippen molar-refractivity contribution < 1.29 is 31.9 Å². The number of pyridine rings is 1. The SMILES string of the molecule is FC(F)(F)COCc1ccc(-c2noc(-c3cnc(OC4CCOCC4)c(Cl)c3)n2)cc1. The molecule has 0 aliphatic carbocycles. The van der Waals surface area contributed by atoms with E-state index in [1.165, 1.54) is 0 Å². The summed E-state index contributed by atoms with van der Waals surface area (Å²) in [6, 6.07) is 8.28. The van der Waals surface area contributed by atoms with Crippen LogP contribution in [0.1, 0.15) is 18.4 Å². The van der Waals surface area contributed by atoms with Crippen LogP contribution >= 0.6 is 11.6 Å². The average molecular weight is 470 g/mol. The second-order valence-electron chi connectivity index (χ2n) is 7.17. The monoisotopic (exact) mass is 469 g/mol. The smallest absolute Gasteiger partial charge is 0.411 e. The van der Waals surface area contributed by atoms with Gasteiger partial charge in [0.05, 0.1) is 25.4 Å². The van der Waals surface area contributed by atoms with E-state index in [-0.39, 0.29) is 18.6 Å². The molecule has 1 aromatic carbocycles. The number of hydrogen-bond donors (Lipinski definition) is 0. The molecule has 0 radical (unpaired) electrons. The van der Waals surface area contributed by atoms with E-state index in [0.717, 1.165) is 12.8 Å². The molecule has 11 heteroatoms. The van der Waals surface area contributed by atoms with Crippen LogP contribution in [0.5, 0.6) is 5.88 Å². The van der Waals surface area contributed by atoms with Gasteiger partial charge in [0, 0.05) is 24.6 Å². The molecule has 0 spiro atoms. The minimum Gasteiger partial charge on any atom is -0.473 e. The molecule has 3 heterocycles. The number of halogens is 4. The van der Waals surface area contributed by atoms with Gasteiger partial charge in [-0.05, 0) is 11.6 Å². The molecule has 0 amide bonds. The van der Waals surface area contributed by atoms with Crippen LogP contribution in [0.25, 0.3) is 22.8 Å². The minimum atomic E-state index is -4.35. The highest BCUT2D eigenvalue weighted by Crippen LogP contribution is 2.30. The first-order chi connectivity index (χ1) is 15.4. The van der Waals surface area contributed by atoms with Crippen molar-refractivity contribution in [2.24, 2.45) is 0 Å². The molecule has 4 rings (SSSR count). The average Bonchev–Trinajstić information content (AvgIpc) is 3.26. The molecular weight excluding hydrogens is 451 g/mol. The van der Waals surface area contributed by atoms with Gasteiger partial charge >= 0.3 is 6.18 Å². The van der Waals surface area contributed by atoms with Gasteiger partial charge in [-0.1, -0.05) is 41.0 Å². The Labute approximate surface area is 186 Å². The van der Waals surface area contributed by atoms with Crippen molar-refractivity contribution in [2.45, 2.75) is 31.7 Å². The zero-order chi connectivity index (χ0) is 22.6. The Hall–Kier alpha value is -2.69. The van der Waals surface area contributed by atoms with E-state index in [1.54, 1.807) is 36.5 Å². The summed E-state index contributed by atoms with van der Waals surface area (Å²) in [5.74, 6) is 0.886. The van der Waals surface area contributed by atoms with Gasteiger partial charge in [-0.15, -0.1) is 0 Å². The summed E-state index contributed by atoms with van der Waals surface area (Å²) in [5.41, 5.74) is 1.76. The van der Waals surface area contributed by atoms with Crippen LogP contribution in [0.3, 0.4) is 0 Å². The van der Waals surface area contributed by atoms with E-state index in [9.17, 15) is 13.2 Å². The first kappa shape index (κ1) is 22.5. The Kier molecular flexibility index (Phi) is 6.92. The molecule has 1 saturated heterocycles. The summed E-state index contributed by atoms with van der Waals surface area (Å²) in [6.45, 7) is -0.151. The van der Waals surface area contributed by atoms with Crippen LogP contribution in [0, 0.1) is 0 Å². The minimum absolute atomic E-state index is 0.0106. The molecule has 170 valence electrons. The lowest BCUT2D eigenvalue weighted by atomic mass is 10.1. The number of rotatable bonds is 7. The van der Waals surface area contributed by atoms with Crippen LogP contribution in [0.2, 0.25) is 5.02 Å². The molecule has 1 aliphatic heterocycles. The van der Waals surface area contributed by atoms with Gasteiger partial charge in [0.15, 0.2) is 0 Å². The molecule has 7 nitrogen and oxygen atoms in total. The van der Waals surface area contributed by atoms with Gasteiger partial charge in [0.25, 0.3) is 5.89 Å². The van der Waals surface area contributed by atoms with Crippen molar-refractivity contribution >= 4 is 11.6 Å². The third-order valence-electron chi connectivity index (χ3n) is 4.67. The molecule has 32 heavy (non-hydrogen) atoms. The maximum absolute atomic E-state index is 12.2. The van der Waals surface area contributed by atoms with E-state index in [1.807, 2.05) is 0 Å². The largest absolute Gasteiger partial charge is 0.473 e. The predicted octanol–water partition coefficient (Wildman–Crippen LogP) is 5.09. The first-order valence-corrected chi connectivity index (χ1v) is 10.2. The summed E-state index contributed by atoms with van der Waals surface area (Å²) < 4.78 is 57.6. The molecular formula is C21H19ClF3N3O4. The fraction of sp³-hybridized carbons (Fsp3) is 0.381. The van der Waals surface area contributed by atoms with Crippen LogP contribution in [0.4, 0.5) is 13.2 Å². The highest BCUT2D eigenvalue weighted by atomic mass is 35.5. The van der Waals surface area contributed by atoms with E-state index in [0.29, 0.717) is 46.6 Å². The zero-order valence-corrected chi connectivity index (χ0v) is 17.5. The van der Waals surface area contributed by atoms with Gasteiger partial charge in [-0.2, -0.15) is 18.2 Å². The van der Waals surface area contributed by atoms with Crippen molar-refractivity contribution in [1.29, 1.82) is 0 Å². The molecule has 3 aromatic rings. The lowest BCUT2D eigenvalue weighted by molar-refractivity contribution is -0.176. The molecule has 0 saturated carbocycles. The molecule has 0 unspecified atom stereocenters. The van der Waals surface area contributed by atoms with E-state index in [4.69, 9.17) is 25.6 Å². The lowest BCUT2D eigenvalue weighted by Gasteiger charge is -2.23. The molecule has 0 N–H and O–H groups in total. The standard InChI is InChI=1S/C21H19ClF3N3O4/c22-17-9-15(10-26-20(17)31-16-5-7-29-8-6-16)19-27-18(28-32-19)14-3-1-13(2-4-14)11-30-12-21(23,24)25/h1-4,9-10,16H,5-8,11-12H2. The summed E-state index contributed by atoms with van der Waals surface area (Å²) >= 11 is 6.32. The van der Waals surface area contributed by atoms with Crippen molar-refractivity contribution in [2.75, 3.05) is 19.8 Å². The summed E-state index contributed by atoms with van der Waals surface area (Å²) in [4.78, 5) is 8.62. The van der Waals surface area contributed by atoms with Crippen molar-refractivity contribution in [1.82, 2.24) is 15.1 Å². The number of hydrogen-bond acceptors (Lipinski definition) is 7. The van der Waals surface area contributed by atoms with E-state index in [2.05, 4.69) is 19.9 Å². The molecule has 2 aromatic heterocycles. The van der Waals surface area contributed by atoms with Crippen molar-refractivity contribution in [3.63, 3.8) is 0 Å². The van der Waals surface area contributed by atoms with Gasteiger partial charge in [-0.25, -0.2) is 4.98 Å². The lowest BCUT2D eigenvalue weighted by Crippen LogP contribution is -2.26. The van der Waals surface area contributed by atoms with Crippen LogP contribution in [-0.4, -0.2) is 47.2 Å². The van der Waals surface area contributed by atoms with Crippen molar-refractivity contribution in [3.8, 4) is 28.7 Å². The maximum Gasteiger partial charge on any atom is 0.411 e. The third kappa shape index (κ3) is 5.96. The van der Waals surface area contributed by atoms with Gasteiger partial charge in [-0.3, -0.25) is 0 Å². The molecule has 1 aliphatic rings. The zero-order valence-electron chi connectivity index (χ0n) is 16.8. The fourth-order valence-corrected chi connectivity index (χ4v) is 3.28. The van der Waals surface area contributed by atoms with Crippen molar-refractivity contribution in [3.05, 3.63) is 47.1 Å². The molecule has 0 atom stereocenters. The fourth-order valence-electron chi connectivity index (χ4n) is 3.07. The summed E-state index contributed by atoms with van der Waals surface area (Å²) in [7, 11) is 0. The summed E-state index contributed by atoms with van der Waals surface area (Å²) in [6.07, 6.45) is -1.25.